The number of aromatic nitrogens is 4. The molecule has 1 aliphatic rings. The predicted octanol–water partition coefficient (Wildman–Crippen LogP) is 0.240. The SMILES string of the molecule is Cn1cncc1CN1CCN(C(=O)c2nnc(CNS(=O)(=O)c3ccccc3)o2)CC1. The van der Waals surface area contributed by atoms with Gasteiger partial charge in [0.1, 0.15) is 0 Å². The van der Waals surface area contributed by atoms with Gasteiger partial charge in [-0.25, -0.2) is 18.1 Å². The third kappa shape index (κ3) is 4.98. The number of sulfonamides is 1. The highest BCUT2D eigenvalue weighted by Crippen LogP contribution is 2.12. The fourth-order valence-corrected chi connectivity index (χ4v) is 4.26. The molecule has 164 valence electrons. The van der Waals surface area contributed by atoms with Gasteiger partial charge in [-0.05, 0) is 12.1 Å². The topological polar surface area (TPSA) is 126 Å². The summed E-state index contributed by atoms with van der Waals surface area (Å²) in [6, 6.07) is 7.97. The van der Waals surface area contributed by atoms with Gasteiger partial charge in [-0.15, -0.1) is 10.2 Å². The molecule has 1 fully saturated rings. The number of nitrogens with one attached hydrogen (secondary N) is 1. The van der Waals surface area contributed by atoms with Gasteiger partial charge >= 0.3 is 11.8 Å². The van der Waals surface area contributed by atoms with E-state index >= 15 is 0 Å². The van der Waals surface area contributed by atoms with Gasteiger partial charge in [-0.1, -0.05) is 18.2 Å². The van der Waals surface area contributed by atoms with Gasteiger partial charge in [0, 0.05) is 46.0 Å². The Balaban J connectivity index is 1.30. The van der Waals surface area contributed by atoms with Crippen LogP contribution in [-0.4, -0.2) is 70.1 Å². The molecule has 0 spiro atoms. The van der Waals surface area contributed by atoms with Crippen LogP contribution in [0.2, 0.25) is 0 Å². The highest BCUT2D eigenvalue weighted by molar-refractivity contribution is 7.89. The van der Waals surface area contributed by atoms with E-state index < -0.39 is 10.0 Å². The van der Waals surface area contributed by atoms with Crippen LogP contribution in [0, 0.1) is 0 Å². The Kier molecular flexibility index (Phi) is 6.11. The second-order valence-corrected chi connectivity index (χ2v) is 8.97. The number of carbonyl (C=O) groups excluding carboxylic acids is 1. The van der Waals surface area contributed by atoms with E-state index in [1.807, 2.05) is 17.8 Å². The molecule has 0 radical (unpaired) electrons. The summed E-state index contributed by atoms with van der Waals surface area (Å²) < 4.78 is 34.3. The summed E-state index contributed by atoms with van der Waals surface area (Å²) in [6.45, 7) is 3.08. The predicted molar refractivity (Wildman–Crippen MR) is 109 cm³/mol. The van der Waals surface area contributed by atoms with E-state index in [1.54, 1.807) is 29.4 Å². The van der Waals surface area contributed by atoms with Crippen molar-refractivity contribution in [1.29, 1.82) is 0 Å². The number of carbonyl (C=O) groups is 1. The monoisotopic (exact) mass is 445 g/mol. The lowest BCUT2D eigenvalue weighted by Crippen LogP contribution is -2.48. The van der Waals surface area contributed by atoms with Crippen LogP contribution in [0.1, 0.15) is 22.3 Å². The highest BCUT2D eigenvalue weighted by atomic mass is 32.2. The number of hydrogen-bond acceptors (Lipinski definition) is 8. The minimum absolute atomic E-state index is 0.0256. The normalized spacial score (nSPS) is 15.3. The molecule has 1 N–H and O–H groups in total. The number of benzene rings is 1. The molecule has 3 heterocycles. The number of nitrogens with zero attached hydrogens (tertiary/aromatic N) is 6. The summed E-state index contributed by atoms with van der Waals surface area (Å²) in [4.78, 5) is 20.8. The molecule has 2 aromatic heterocycles. The van der Waals surface area contributed by atoms with Crippen molar-refractivity contribution >= 4 is 15.9 Å². The Morgan fingerprint density at radius 1 is 1.13 bits per heavy atom. The van der Waals surface area contributed by atoms with Crippen LogP contribution in [0.4, 0.5) is 0 Å². The maximum Gasteiger partial charge on any atom is 0.311 e. The van der Waals surface area contributed by atoms with Crippen molar-refractivity contribution in [1.82, 2.24) is 34.3 Å². The molecule has 1 saturated heterocycles. The molecule has 0 bridgehead atoms. The maximum atomic E-state index is 12.7. The molecule has 3 aromatic rings. The first kappa shape index (κ1) is 21.2. The molecule has 0 aliphatic carbocycles. The summed E-state index contributed by atoms with van der Waals surface area (Å²) in [6.07, 6.45) is 3.60. The van der Waals surface area contributed by atoms with Crippen LogP contribution in [0.5, 0.6) is 0 Å². The van der Waals surface area contributed by atoms with Crippen LogP contribution in [0.3, 0.4) is 0 Å². The first-order valence-electron chi connectivity index (χ1n) is 9.76. The van der Waals surface area contributed by atoms with Crippen LogP contribution in [0.15, 0.2) is 52.2 Å². The fourth-order valence-electron chi connectivity index (χ4n) is 3.26. The molecular weight excluding hydrogens is 422 g/mol. The lowest BCUT2D eigenvalue weighted by Gasteiger charge is -2.33. The van der Waals surface area contributed by atoms with E-state index in [2.05, 4.69) is 24.8 Å². The van der Waals surface area contributed by atoms with Crippen LogP contribution in [-0.2, 0) is 30.2 Å². The second kappa shape index (κ2) is 8.96. The van der Waals surface area contributed by atoms with E-state index in [4.69, 9.17) is 4.42 Å². The zero-order valence-electron chi connectivity index (χ0n) is 17.0. The van der Waals surface area contributed by atoms with Crippen LogP contribution in [0.25, 0.3) is 0 Å². The minimum atomic E-state index is -3.71. The molecule has 4 rings (SSSR count). The average molecular weight is 446 g/mol. The lowest BCUT2D eigenvalue weighted by atomic mass is 10.3. The molecular formula is C19H23N7O4S. The molecule has 1 amide bonds. The van der Waals surface area contributed by atoms with Gasteiger partial charge in [0.15, 0.2) is 0 Å². The lowest BCUT2D eigenvalue weighted by molar-refractivity contribution is 0.0585. The van der Waals surface area contributed by atoms with Gasteiger partial charge in [0.25, 0.3) is 0 Å². The highest BCUT2D eigenvalue weighted by Gasteiger charge is 2.26. The average Bonchev–Trinajstić information content (AvgIpc) is 3.42. The maximum absolute atomic E-state index is 12.7. The van der Waals surface area contributed by atoms with E-state index in [0.29, 0.717) is 13.1 Å². The fraction of sp³-hybridized carbons (Fsp3) is 0.368. The standard InChI is InChI=1S/C19H23N7O4S/c1-24-14-20-11-15(24)13-25-7-9-26(10-8-25)19(27)18-23-22-17(30-18)12-21-31(28,29)16-5-3-2-4-6-16/h2-6,11,14,21H,7-10,12-13H2,1H3. The largest absolute Gasteiger partial charge is 0.415 e. The number of aryl methyl sites for hydroxylation is 1. The third-order valence-corrected chi connectivity index (χ3v) is 6.50. The summed E-state index contributed by atoms with van der Waals surface area (Å²) in [7, 11) is -1.75. The van der Waals surface area contributed by atoms with Crippen LogP contribution >= 0.6 is 0 Å². The van der Waals surface area contributed by atoms with E-state index in [1.165, 1.54) is 12.1 Å². The number of amides is 1. The van der Waals surface area contributed by atoms with Gasteiger partial charge < -0.3 is 13.9 Å². The zero-order valence-corrected chi connectivity index (χ0v) is 17.8. The number of piperazine rings is 1. The quantitative estimate of drug-likeness (QED) is 0.548. The van der Waals surface area contributed by atoms with Crippen molar-refractivity contribution in [2.75, 3.05) is 26.2 Å². The van der Waals surface area contributed by atoms with Crippen molar-refractivity contribution in [2.24, 2.45) is 7.05 Å². The summed E-state index contributed by atoms with van der Waals surface area (Å²) >= 11 is 0. The Labute approximate surface area is 179 Å². The Morgan fingerprint density at radius 3 is 2.55 bits per heavy atom. The molecule has 31 heavy (non-hydrogen) atoms. The summed E-state index contributed by atoms with van der Waals surface area (Å²) in [5, 5.41) is 7.58. The van der Waals surface area contributed by atoms with Gasteiger partial charge in [0.05, 0.1) is 23.5 Å². The van der Waals surface area contributed by atoms with Gasteiger partial charge in [-0.3, -0.25) is 9.69 Å². The summed E-state index contributed by atoms with van der Waals surface area (Å²) in [5.74, 6) is -0.475. The van der Waals surface area contributed by atoms with Crippen LogP contribution < -0.4 is 4.72 Å². The zero-order chi connectivity index (χ0) is 21.8. The van der Waals surface area contributed by atoms with E-state index in [-0.39, 0.29) is 29.1 Å². The molecule has 11 nitrogen and oxygen atoms in total. The van der Waals surface area contributed by atoms with Gasteiger partial charge in [-0.2, -0.15) is 0 Å². The van der Waals surface area contributed by atoms with Crippen molar-refractivity contribution in [3.05, 3.63) is 60.3 Å². The minimum Gasteiger partial charge on any atom is -0.415 e. The van der Waals surface area contributed by atoms with Crippen molar-refractivity contribution in [2.45, 2.75) is 18.0 Å². The number of hydrogen-bond donors (Lipinski definition) is 1. The first-order valence-corrected chi connectivity index (χ1v) is 11.2. The van der Waals surface area contributed by atoms with Crippen molar-refractivity contribution in [3.63, 3.8) is 0 Å². The first-order chi connectivity index (χ1) is 14.9. The van der Waals surface area contributed by atoms with Crippen molar-refractivity contribution < 1.29 is 17.6 Å². The van der Waals surface area contributed by atoms with E-state index in [0.717, 1.165) is 25.3 Å². The molecule has 1 aliphatic heterocycles. The van der Waals surface area contributed by atoms with Crippen molar-refractivity contribution in [3.8, 4) is 0 Å². The Bertz CT molecular complexity index is 1130. The summed E-state index contributed by atoms with van der Waals surface area (Å²) in [5.41, 5.74) is 1.11. The van der Waals surface area contributed by atoms with Gasteiger partial charge in [0.2, 0.25) is 15.9 Å². The molecule has 0 saturated carbocycles. The second-order valence-electron chi connectivity index (χ2n) is 7.20. The third-order valence-electron chi connectivity index (χ3n) is 5.08. The molecule has 0 atom stereocenters. The van der Waals surface area contributed by atoms with E-state index in [9.17, 15) is 13.2 Å². The molecule has 0 unspecified atom stereocenters. The Morgan fingerprint density at radius 2 is 1.87 bits per heavy atom. The molecule has 12 heteroatoms. The smallest absolute Gasteiger partial charge is 0.311 e. The molecule has 1 aromatic carbocycles. The Hall–Kier alpha value is -3.09. The number of imidazole rings is 1. The number of rotatable bonds is 7.